The first-order valence-electron chi connectivity index (χ1n) is 8.53. The first kappa shape index (κ1) is 19.6. The van der Waals surface area contributed by atoms with E-state index in [-0.39, 0.29) is 5.11 Å². The van der Waals surface area contributed by atoms with Gasteiger partial charge in [0.2, 0.25) is 0 Å². The number of carbonyl (C=O) groups excluding carboxylic acids is 1. The number of rotatable bonds is 3. The van der Waals surface area contributed by atoms with E-state index >= 15 is 0 Å². The molecule has 4 aromatic rings. The molecule has 1 aromatic heterocycles. The predicted molar refractivity (Wildman–Crippen MR) is 123 cm³/mol. The number of thiocarbonyl (C=S) groups is 1. The van der Waals surface area contributed by atoms with Gasteiger partial charge in [-0.05, 0) is 66.8 Å². The molecule has 0 aliphatic rings. The minimum atomic E-state index is -0.416. The molecule has 0 radical (unpaired) electrons. The van der Waals surface area contributed by atoms with Gasteiger partial charge >= 0.3 is 0 Å². The normalized spacial score (nSPS) is 10.7. The highest BCUT2D eigenvalue weighted by Gasteiger charge is 2.14. The number of aromatic nitrogens is 1. The smallest absolute Gasteiger partial charge is 0.257 e. The zero-order chi connectivity index (χ0) is 20.4. The number of hydrogen-bond acceptors (Lipinski definition) is 4. The lowest BCUT2D eigenvalue weighted by Crippen LogP contribution is -2.34. The standard InChI is InChI=1S/C21H13BrFN3OS2/c22-13-7-10-16(15(11-13)20-24-17-3-1-2-4-18(17)29-20)25-21(28)26-19(27)12-5-8-14(23)9-6-12/h1-11H,(H2,25,26,27,28). The lowest BCUT2D eigenvalue weighted by molar-refractivity contribution is 0.0977. The maximum absolute atomic E-state index is 13.0. The van der Waals surface area contributed by atoms with Crippen LogP contribution in [0.15, 0.2) is 71.2 Å². The maximum atomic E-state index is 13.0. The summed E-state index contributed by atoms with van der Waals surface area (Å²) >= 11 is 10.4. The lowest BCUT2D eigenvalue weighted by atomic mass is 10.2. The van der Waals surface area contributed by atoms with Gasteiger partial charge in [-0.25, -0.2) is 9.37 Å². The molecule has 0 atom stereocenters. The van der Waals surface area contributed by atoms with Crippen molar-refractivity contribution in [2.45, 2.75) is 0 Å². The summed E-state index contributed by atoms with van der Waals surface area (Å²) < 4.78 is 15.0. The summed E-state index contributed by atoms with van der Waals surface area (Å²) in [5.41, 5.74) is 2.82. The highest BCUT2D eigenvalue weighted by molar-refractivity contribution is 9.10. The monoisotopic (exact) mass is 485 g/mol. The molecular formula is C21H13BrFN3OS2. The number of para-hydroxylation sites is 1. The van der Waals surface area contributed by atoms with E-state index < -0.39 is 11.7 Å². The molecule has 144 valence electrons. The summed E-state index contributed by atoms with van der Waals surface area (Å²) in [6, 6.07) is 18.9. The number of thiazole rings is 1. The molecule has 1 amide bonds. The maximum Gasteiger partial charge on any atom is 0.257 e. The molecule has 0 bridgehead atoms. The molecule has 0 saturated carbocycles. The fraction of sp³-hybridized carbons (Fsp3) is 0. The first-order valence-corrected chi connectivity index (χ1v) is 10.5. The number of fused-ring (bicyclic) bond motifs is 1. The second-order valence-corrected chi connectivity index (χ2v) is 8.45. The van der Waals surface area contributed by atoms with Crippen molar-refractivity contribution in [2.75, 3.05) is 5.32 Å². The topological polar surface area (TPSA) is 54.0 Å². The zero-order valence-corrected chi connectivity index (χ0v) is 18.0. The fourth-order valence-electron chi connectivity index (χ4n) is 2.72. The summed E-state index contributed by atoms with van der Waals surface area (Å²) in [5, 5.41) is 6.66. The second-order valence-electron chi connectivity index (χ2n) is 6.09. The van der Waals surface area contributed by atoms with Gasteiger partial charge in [-0.1, -0.05) is 28.1 Å². The Hall–Kier alpha value is -2.68. The van der Waals surface area contributed by atoms with Crippen LogP contribution in [0, 0.1) is 5.82 Å². The third kappa shape index (κ3) is 4.50. The fourth-order valence-corrected chi connectivity index (χ4v) is 4.28. The van der Waals surface area contributed by atoms with E-state index in [1.54, 1.807) is 11.3 Å². The van der Waals surface area contributed by atoms with E-state index in [9.17, 15) is 9.18 Å². The molecule has 0 aliphatic heterocycles. The number of halogens is 2. The van der Waals surface area contributed by atoms with Crippen LogP contribution in [-0.2, 0) is 0 Å². The van der Waals surface area contributed by atoms with Crippen molar-refractivity contribution in [3.05, 3.63) is 82.6 Å². The number of amides is 1. The van der Waals surface area contributed by atoms with E-state index in [4.69, 9.17) is 17.2 Å². The molecule has 3 aromatic carbocycles. The highest BCUT2D eigenvalue weighted by atomic mass is 79.9. The van der Waals surface area contributed by atoms with Gasteiger partial charge in [0.1, 0.15) is 10.8 Å². The first-order chi connectivity index (χ1) is 14.0. The Morgan fingerprint density at radius 3 is 2.59 bits per heavy atom. The molecule has 4 nitrogen and oxygen atoms in total. The number of nitrogens with zero attached hydrogens (tertiary/aromatic N) is 1. The van der Waals surface area contributed by atoms with Crippen molar-refractivity contribution >= 4 is 66.4 Å². The van der Waals surface area contributed by atoms with Gasteiger partial charge < -0.3 is 5.32 Å². The van der Waals surface area contributed by atoms with Gasteiger partial charge in [-0.15, -0.1) is 11.3 Å². The molecular weight excluding hydrogens is 473 g/mol. The Morgan fingerprint density at radius 1 is 1.07 bits per heavy atom. The molecule has 0 saturated heterocycles. The van der Waals surface area contributed by atoms with E-state index in [0.717, 1.165) is 30.9 Å². The number of benzene rings is 3. The van der Waals surface area contributed by atoms with Crippen molar-refractivity contribution in [2.24, 2.45) is 0 Å². The van der Waals surface area contributed by atoms with Gasteiger partial charge in [0.25, 0.3) is 5.91 Å². The van der Waals surface area contributed by atoms with Crippen LogP contribution in [0.5, 0.6) is 0 Å². The van der Waals surface area contributed by atoms with Crippen molar-refractivity contribution in [3.8, 4) is 10.6 Å². The van der Waals surface area contributed by atoms with Crippen LogP contribution in [-0.4, -0.2) is 16.0 Å². The number of nitrogens with one attached hydrogen (secondary N) is 2. The highest BCUT2D eigenvalue weighted by Crippen LogP contribution is 2.36. The molecule has 0 fully saturated rings. The Kier molecular flexibility index (Phi) is 5.66. The van der Waals surface area contributed by atoms with Crippen molar-refractivity contribution in [3.63, 3.8) is 0 Å². The minimum Gasteiger partial charge on any atom is -0.332 e. The van der Waals surface area contributed by atoms with Crippen LogP contribution < -0.4 is 10.6 Å². The molecule has 1 heterocycles. The van der Waals surface area contributed by atoms with E-state index in [1.165, 1.54) is 24.3 Å². The summed E-state index contributed by atoms with van der Waals surface area (Å²) in [7, 11) is 0. The third-order valence-corrected chi connectivity index (χ3v) is 5.85. The second kappa shape index (κ2) is 8.36. The van der Waals surface area contributed by atoms with Gasteiger partial charge in [-0.2, -0.15) is 0 Å². The van der Waals surface area contributed by atoms with Crippen LogP contribution in [0.3, 0.4) is 0 Å². The summed E-state index contributed by atoms with van der Waals surface area (Å²) in [4.78, 5) is 17.0. The average Bonchev–Trinajstić information content (AvgIpc) is 3.14. The minimum absolute atomic E-state index is 0.143. The number of anilines is 1. The largest absolute Gasteiger partial charge is 0.332 e. The Morgan fingerprint density at radius 2 is 1.83 bits per heavy atom. The van der Waals surface area contributed by atoms with Crippen molar-refractivity contribution in [1.82, 2.24) is 10.3 Å². The quantitative estimate of drug-likeness (QED) is 0.349. The van der Waals surface area contributed by atoms with Crippen LogP contribution in [0.1, 0.15) is 10.4 Å². The molecule has 2 N–H and O–H groups in total. The Balaban J connectivity index is 1.58. The molecule has 0 aliphatic carbocycles. The average molecular weight is 486 g/mol. The van der Waals surface area contributed by atoms with Crippen LogP contribution >= 0.6 is 39.5 Å². The Labute approximate surface area is 183 Å². The zero-order valence-electron chi connectivity index (χ0n) is 14.8. The summed E-state index contributed by atoms with van der Waals surface area (Å²) in [6.07, 6.45) is 0. The number of hydrogen-bond donors (Lipinski definition) is 2. The van der Waals surface area contributed by atoms with Crippen LogP contribution in [0.4, 0.5) is 10.1 Å². The van der Waals surface area contributed by atoms with Gasteiger partial charge in [0.15, 0.2) is 5.11 Å². The summed E-state index contributed by atoms with van der Waals surface area (Å²) in [6.45, 7) is 0. The summed E-state index contributed by atoms with van der Waals surface area (Å²) in [5.74, 6) is -0.821. The number of carbonyl (C=O) groups is 1. The third-order valence-electron chi connectivity index (χ3n) is 4.09. The van der Waals surface area contributed by atoms with E-state index in [1.807, 2.05) is 42.5 Å². The SMILES string of the molecule is O=C(NC(=S)Nc1ccc(Br)cc1-c1nc2ccccc2s1)c1ccc(F)cc1. The molecule has 0 unspecified atom stereocenters. The molecule has 0 spiro atoms. The molecule has 8 heteroatoms. The van der Waals surface area contributed by atoms with Gasteiger partial charge in [0, 0.05) is 15.6 Å². The van der Waals surface area contributed by atoms with E-state index in [0.29, 0.717) is 5.56 Å². The van der Waals surface area contributed by atoms with Crippen molar-refractivity contribution < 1.29 is 9.18 Å². The van der Waals surface area contributed by atoms with Crippen LogP contribution in [0.25, 0.3) is 20.8 Å². The van der Waals surface area contributed by atoms with Gasteiger partial charge in [-0.3, -0.25) is 10.1 Å². The van der Waals surface area contributed by atoms with Crippen LogP contribution in [0.2, 0.25) is 0 Å². The van der Waals surface area contributed by atoms with Crippen molar-refractivity contribution in [1.29, 1.82) is 0 Å². The Bertz CT molecular complexity index is 1190. The lowest BCUT2D eigenvalue weighted by Gasteiger charge is -2.13. The predicted octanol–water partition coefficient (Wildman–Crippen LogP) is 5.99. The van der Waals surface area contributed by atoms with Gasteiger partial charge in [0.05, 0.1) is 15.9 Å². The molecule has 29 heavy (non-hydrogen) atoms. The van der Waals surface area contributed by atoms with E-state index in [2.05, 4.69) is 26.6 Å². The molecule has 4 rings (SSSR count).